The molecule has 2 aliphatic rings. The molecule has 26 heavy (non-hydrogen) atoms. The van der Waals surface area contributed by atoms with E-state index in [-0.39, 0.29) is 11.8 Å². The highest BCUT2D eigenvalue weighted by molar-refractivity contribution is 5.52. The molecule has 1 N–H and O–H groups in total. The Kier molecular flexibility index (Phi) is 4.72. The van der Waals surface area contributed by atoms with E-state index in [4.69, 9.17) is 0 Å². The molecule has 1 aliphatic heterocycles. The van der Waals surface area contributed by atoms with Crippen molar-refractivity contribution in [2.45, 2.75) is 31.8 Å². The van der Waals surface area contributed by atoms with Crippen molar-refractivity contribution in [3.05, 3.63) is 59.7 Å². The first-order chi connectivity index (χ1) is 12.6. The van der Waals surface area contributed by atoms with Crippen molar-refractivity contribution in [3.63, 3.8) is 0 Å². The van der Waals surface area contributed by atoms with Gasteiger partial charge in [-0.15, -0.1) is 0 Å². The second-order valence-electron chi connectivity index (χ2n) is 8.11. The molecule has 2 aromatic rings. The number of fused-ring (bicyclic) bond motifs is 2. The lowest BCUT2D eigenvalue weighted by Gasteiger charge is -2.52. The smallest absolute Gasteiger partial charge is 0.141 e. The number of aromatic nitrogens is 2. The minimum Gasteiger partial charge on any atom is -0.381 e. The maximum Gasteiger partial charge on any atom is 0.141 e. The number of nitrogens with zero attached hydrogens (tertiary/aromatic N) is 3. The van der Waals surface area contributed by atoms with E-state index < -0.39 is 5.60 Å². The Balaban J connectivity index is 1.52. The average Bonchev–Trinajstić information content (AvgIpc) is 3.03. The molecule has 1 saturated carbocycles. The van der Waals surface area contributed by atoms with Crippen molar-refractivity contribution in [2.75, 3.05) is 19.6 Å². The van der Waals surface area contributed by atoms with Crippen LogP contribution in [0.1, 0.15) is 37.6 Å². The molecule has 4 rings (SSSR count). The molecule has 2 fully saturated rings. The van der Waals surface area contributed by atoms with Gasteiger partial charge in [0, 0.05) is 50.9 Å². The van der Waals surface area contributed by atoms with Gasteiger partial charge in [-0.2, -0.15) is 0 Å². The van der Waals surface area contributed by atoms with Gasteiger partial charge in [-0.05, 0) is 25.3 Å². The van der Waals surface area contributed by atoms with E-state index in [1.54, 1.807) is 0 Å². The van der Waals surface area contributed by atoms with Crippen LogP contribution in [0.25, 0.3) is 6.08 Å². The number of benzene rings is 1. The van der Waals surface area contributed by atoms with Crippen molar-refractivity contribution in [3.8, 4) is 0 Å². The second kappa shape index (κ2) is 7.01. The number of aliphatic hydroxyl groups is 1. The lowest BCUT2D eigenvalue weighted by atomic mass is 9.65. The minimum absolute atomic E-state index is 0.264. The summed E-state index contributed by atoms with van der Waals surface area (Å²) >= 11 is 0. The van der Waals surface area contributed by atoms with Crippen molar-refractivity contribution >= 4 is 6.08 Å². The molecule has 1 aliphatic carbocycles. The molecule has 2 atom stereocenters. The normalized spacial score (nSPS) is 29.7. The minimum atomic E-state index is -0.774. The van der Waals surface area contributed by atoms with Crippen LogP contribution in [-0.4, -0.2) is 39.2 Å². The fourth-order valence-electron chi connectivity index (χ4n) is 5.02. The fourth-order valence-corrected chi connectivity index (χ4v) is 5.02. The van der Waals surface area contributed by atoms with Crippen LogP contribution in [-0.2, 0) is 12.6 Å². The molecule has 0 spiro atoms. The van der Waals surface area contributed by atoms with Crippen LogP contribution in [0.4, 0.5) is 0 Å². The Hall–Kier alpha value is -1.91. The summed E-state index contributed by atoms with van der Waals surface area (Å²) in [5.74, 6) is 1.38. The molecular weight excluding hydrogens is 322 g/mol. The highest BCUT2D eigenvalue weighted by Gasteiger charge is 2.53. The van der Waals surface area contributed by atoms with Crippen LogP contribution < -0.4 is 0 Å². The largest absolute Gasteiger partial charge is 0.381 e. The van der Waals surface area contributed by atoms with Crippen LogP contribution in [0.5, 0.6) is 0 Å². The number of hydrogen-bond acceptors (Lipinski definition) is 3. The molecule has 0 radical (unpaired) electrons. The van der Waals surface area contributed by atoms with Crippen molar-refractivity contribution in [1.29, 1.82) is 0 Å². The maximum absolute atomic E-state index is 11.7. The summed E-state index contributed by atoms with van der Waals surface area (Å²) in [5, 5.41) is 11.7. The molecular formula is C22H29N3O. The first-order valence-corrected chi connectivity index (χ1v) is 9.72. The summed E-state index contributed by atoms with van der Waals surface area (Å²) < 4.78 is 2.00. The molecule has 2 unspecified atom stereocenters. The van der Waals surface area contributed by atoms with E-state index in [2.05, 4.69) is 53.2 Å². The van der Waals surface area contributed by atoms with E-state index in [9.17, 15) is 5.11 Å². The fraction of sp³-hybridized carbons (Fsp3) is 0.500. The second-order valence-corrected chi connectivity index (χ2v) is 8.11. The van der Waals surface area contributed by atoms with Gasteiger partial charge in [0.1, 0.15) is 11.4 Å². The van der Waals surface area contributed by atoms with E-state index in [0.717, 1.165) is 38.3 Å². The molecule has 1 saturated heterocycles. The summed E-state index contributed by atoms with van der Waals surface area (Å²) in [5.41, 5.74) is 1.85. The van der Waals surface area contributed by atoms with Gasteiger partial charge in [0.25, 0.3) is 0 Å². The monoisotopic (exact) mass is 351 g/mol. The van der Waals surface area contributed by atoms with Crippen LogP contribution in [0.3, 0.4) is 0 Å². The van der Waals surface area contributed by atoms with E-state index in [1.165, 1.54) is 17.6 Å². The number of piperidine rings is 1. The number of imidazole rings is 1. The van der Waals surface area contributed by atoms with Crippen LogP contribution >= 0.6 is 0 Å². The lowest BCUT2D eigenvalue weighted by Crippen LogP contribution is -2.59. The summed E-state index contributed by atoms with van der Waals surface area (Å²) in [6.45, 7) is 5.07. The van der Waals surface area contributed by atoms with Crippen molar-refractivity contribution < 1.29 is 5.11 Å². The Bertz CT molecular complexity index is 766. The molecule has 1 aromatic heterocycles. The highest BCUT2D eigenvalue weighted by atomic mass is 16.3. The quantitative estimate of drug-likeness (QED) is 0.917. The van der Waals surface area contributed by atoms with Gasteiger partial charge in [-0.25, -0.2) is 4.98 Å². The van der Waals surface area contributed by atoms with Crippen molar-refractivity contribution in [1.82, 2.24) is 14.5 Å². The van der Waals surface area contributed by atoms with Gasteiger partial charge < -0.3 is 9.67 Å². The topological polar surface area (TPSA) is 41.3 Å². The van der Waals surface area contributed by atoms with E-state index in [0.29, 0.717) is 0 Å². The summed E-state index contributed by atoms with van der Waals surface area (Å²) in [6.07, 6.45) is 9.41. The number of likely N-dealkylation sites (tertiary alicyclic amines) is 1. The van der Waals surface area contributed by atoms with Gasteiger partial charge in [0.05, 0.1) is 0 Å². The van der Waals surface area contributed by atoms with Gasteiger partial charge in [0.2, 0.25) is 0 Å². The standard InChI is InChI=1S/C22H29N3O/c1-17(13-18-7-4-3-5-8-18)14-25-15-19-9-6-10-20(16-25)22(19,26)21-23-11-12-24(21)2/h3-5,7-8,11-13,19-20,26H,6,9-10,14-16H2,1-2H3/b17-13+. The summed E-state index contributed by atoms with van der Waals surface area (Å²) in [4.78, 5) is 7.05. The van der Waals surface area contributed by atoms with Gasteiger partial charge in [-0.3, -0.25) is 4.90 Å². The van der Waals surface area contributed by atoms with Gasteiger partial charge in [-0.1, -0.05) is 48.4 Å². The predicted octanol–water partition coefficient (Wildman–Crippen LogP) is 3.44. The average molecular weight is 351 g/mol. The zero-order chi connectivity index (χ0) is 18.1. The molecule has 0 amide bonds. The summed E-state index contributed by atoms with van der Waals surface area (Å²) in [6, 6.07) is 10.5. The van der Waals surface area contributed by atoms with Crippen LogP contribution in [0.15, 0.2) is 48.3 Å². The first-order valence-electron chi connectivity index (χ1n) is 9.72. The lowest BCUT2D eigenvalue weighted by molar-refractivity contribution is -0.152. The van der Waals surface area contributed by atoms with E-state index in [1.807, 2.05) is 24.0 Å². The number of hydrogen-bond donors (Lipinski definition) is 1. The molecule has 2 heterocycles. The molecule has 2 bridgehead atoms. The van der Waals surface area contributed by atoms with Gasteiger partial charge in [0.15, 0.2) is 0 Å². The molecule has 1 aromatic carbocycles. The third kappa shape index (κ3) is 3.12. The Morgan fingerprint density at radius 2 is 1.92 bits per heavy atom. The van der Waals surface area contributed by atoms with Gasteiger partial charge >= 0.3 is 0 Å². The maximum atomic E-state index is 11.7. The zero-order valence-corrected chi connectivity index (χ0v) is 15.8. The molecule has 138 valence electrons. The third-order valence-corrected chi connectivity index (χ3v) is 6.17. The van der Waals surface area contributed by atoms with E-state index >= 15 is 0 Å². The Morgan fingerprint density at radius 3 is 2.54 bits per heavy atom. The summed E-state index contributed by atoms with van der Waals surface area (Å²) in [7, 11) is 2.00. The predicted molar refractivity (Wildman–Crippen MR) is 104 cm³/mol. The van der Waals surface area contributed by atoms with Crippen LogP contribution in [0, 0.1) is 11.8 Å². The highest BCUT2D eigenvalue weighted by Crippen LogP contribution is 2.48. The molecule has 4 nitrogen and oxygen atoms in total. The zero-order valence-electron chi connectivity index (χ0n) is 15.8. The first kappa shape index (κ1) is 17.5. The Labute approximate surface area is 156 Å². The number of rotatable bonds is 4. The SMILES string of the molecule is C/C(=C\c1ccccc1)CN1CC2CCCC(C1)C2(O)c1nccn1C. The number of aryl methyl sites for hydroxylation is 1. The van der Waals surface area contributed by atoms with Crippen molar-refractivity contribution in [2.24, 2.45) is 18.9 Å². The third-order valence-electron chi connectivity index (χ3n) is 6.17. The molecule has 4 heteroatoms. The Morgan fingerprint density at radius 1 is 1.23 bits per heavy atom. The van der Waals surface area contributed by atoms with Crippen LogP contribution in [0.2, 0.25) is 0 Å².